The molecule has 1 aromatic rings. The highest BCUT2D eigenvalue weighted by molar-refractivity contribution is 6.42. The largest absolute Gasteiger partial charge is 0.476 e. The van der Waals surface area contributed by atoms with Gasteiger partial charge in [-0.2, -0.15) is 0 Å². The molecule has 0 amide bonds. The minimum absolute atomic E-state index is 0.174. The summed E-state index contributed by atoms with van der Waals surface area (Å²) in [4.78, 5) is 15.7. The quantitative estimate of drug-likeness (QED) is 0.642. The molecule has 96 valence electrons. The molecular weight excluding hydrogens is 238 g/mol. The Kier molecular flexibility index (Phi) is 3.91. The lowest BCUT2D eigenvalue weighted by atomic mass is 10.0. The van der Waals surface area contributed by atoms with Crippen molar-refractivity contribution in [3.05, 3.63) is 35.4 Å². The van der Waals surface area contributed by atoms with Gasteiger partial charge in [0.15, 0.2) is 12.0 Å². The molecule has 0 spiro atoms. The number of carboxylic acid groups (broad SMARTS) is 1. The summed E-state index contributed by atoms with van der Waals surface area (Å²) in [5.41, 5.74) is 0.888. The molecule has 1 aromatic carbocycles. The molecule has 18 heavy (non-hydrogen) atoms. The monoisotopic (exact) mass is 251 g/mol. The minimum atomic E-state index is -1.16. The number of carbonyl (C=O) groups is 1. The highest BCUT2D eigenvalue weighted by atomic mass is 16.7. The number of ether oxygens (including phenoxy) is 2. The summed E-state index contributed by atoms with van der Waals surface area (Å²) < 4.78 is 10.8. The Morgan fingerprint density at radius 1 is 1.39 bits per heavy atom. The highest BCUT2D eigenvalue weighted by Crippen LogP contribution is 2.26. The lowest BCUT2D eigenvalue weighted by Crippen LogP contribution is -2.18. The van der Waals surface area contributed by atoms with Gasteiger partial charge in [-0.15, -0.1) is 0 Å². The lowest BCUT2D eigenvalue weighted by molar-refractivity contribution is -0.129. The summed E-state index contributed by atoms with van der Waals surface area (Å²) in [6.07, 6.45) is -0.553. The van der Waals surface area contributed by atoms with Crippen LogP contribution in [-0.2, 0) is 19.1 Å². The number of rotatable bonds is 4. The first-order chi connectivity index (χ1) is 8.74. The Balaban J connectivity index is 2.42. The van der Waals surface area contributed by atoms with E-state index in [1.54, 1.807) is 24.3 Å². The van der Waals surface area contributed by atoms with Gasteiger partial charge in [-0.25, -0.2) is 4.79 Å². The van der Waals surface area contributed by atoms with E-state index in [9.17, 15) is 4.79 Å². The minimum Gasteiger partial charge on any atom is -0.476 e. The second-order valence-electron chi connectivity index (χ2n) is 3.59. The van der Waals surface area contributed by atoms with Crippen LogP contribution in [0.4, 0.5) is 0 Å². The predicted octanol–water partition coefficient (Wildman–Crippen LogP) is 1.17. The molecule has 1 aliphatic heterocycles. The van der Waals surface area contributed by atoms with E-state index in [0.29, 0.717) is 24.3 Å². The normalized spacial score (nSPS) is 16.8. The molecular formula is C12H13NO5. The fraction of sp³-hybridized carbons (Fsp3) is 0.333. The van der Waals surface area contributed by atoms with Crippen LogP contribution in [0.15, 0.2) is 29.4 Å². The molecule has 0 aromatic heterocycles. The average molecular weight is 251 g/mol. The zero-order valence-corrected chi connectivity index (χ0v) is 9.83. The summed E-state index contributed by atoms with van der Waals surface area (Å²) in [7, 11) is 1.30. The third-order valence-corrected chi connectivity index (χ3v) is 2.48. The first-order valence-corrected chi connectivity index (χ1v) is 5.41. The topological polar surface area (TPSA) is 77.4 Å². The third-order valence-electron chi connectivity index (χ3n) is 2.48. The summed E-state index contributed by atoms with van der Waals surface area (Å²) >= 11 is 0. The van der Waals surface area contributed by atoms with E-state index < -0.39 is 12.3 Å². The molecule has 0 radical (unpaired) electrons. The molecule has 0 aliphatic carbocycles. The zero-order valence-electron chi connectivity index (χ0n) is 9.83. The highest BCUT2D eigenvalue weighted by Gasteiger charge is 2.25. The van der Waals surface area contributed by atoms with Crippen LogP contribution in [0.5, 0.6) is 0 Å². The van der Waals surface area contributed by atoms with Crippen molar-refractivity contribution in [2.24, 2.45) is 5.16 Å². The molecule has 1 saturated heterocycles. The van der Waals surface area contributed by atoms with Crippen LogP contribution < -0.4 is 0 Å². The Labute approximate surface area is 104 Å². The van der Waals surface area contributed by atoms with Crippen molar-refractivity contribution >= 4 is 11.7 Å². The van der Waals surface area contributed by atoms with E-state index in [1.807, 2.05) is 0 Å². The van der Waals surface area contributed by atoms with E-state index in [4.69, 9.17) is 14.6 Å². The van der Waals surface area contributed by atoms with Crippen LogP contribution in [0.2, 0.25) is 0 Å². The van der Waals surface area contributed by atoms with Gasteiger partial charge in [-0.05, 0) is 0 Å². The van der Waals surface area contributed by atoms with Crippen LogP contribution in [0.1, 0.15) is 17.4 Å². The first kappa shape index (κ1) is 12.5. The second kappa shape index (κ2) is 5.61. The number of benzene rings is 1. The first-order valence-electron chi connectivity index (χ1n) is 5.41. The van der Waals surface area contributed by atoms with Gasteiger partial charge < -0.3 is 19.4 Å². The smallest absolute Gasteiger partial charge is 0.358 e. The Bertz CT molecular complexity index is 465. The molecule has 0 atom stereocenters. The molecule has 0 bridgehead atoms. The number of oxime groups is 1. The van der Waals surface area contributed by atoms with Crippen LogP contribution >= 0.6 is 0 Å². The molecule has 6 heteroatoms. The van der Waals surface area contributed by atoms with Crippen molar-refractivity contribution in [1.29, 1.82) is 0 Å². The third kappa shape index (κ3) is 2.49. The zero-order chi connectivity index (χ0) is 13.0. The number of aliphatic carboxylic acids is 1. The van der Waals surface area contributed by atoms with Gasteiger partial charge in [0.1, 0.15) is 7.11 Å². The predicted molar refractivity (Wildman–Crippen MR) is 62.3 cm³/mol. The van der Waals surface area contributed by atoms with Gasteiger partial charge in [-0.1, -0.05) is 29.4 Å². The number of hydrogen-bond donors (Lipinski definition) is 1. The van der Waals surface area contributed by atoms with Gasteiger partial charge in [0.05, 0.1) is 13.2 Å². The van der Waals surface area contributed by atoms with E-state index in [1.165, 1.54) is 7.11 Å². The Morgan fingerprint density at radius 2 is 2.06 bits per heavy atom. The Hall–Kier alpha value is -1.92. The maximum absolute atomic E-state index is 11.2. The summed E-state index contributed by atoms with van der Waals surface area (Å²) in [5.74, 6) is -1.16. The molecule has 1 aliphatic rings. The van der Waals surface area contributed by atoms with Crippen molar-refractivity contribution in [3.63, 3.8) is 0 Å². The molecule has 1 fully saturated rings. The fourth-order valence-corrected chi connectivity index (χ4v) is 1.75. The van der Waals surface area contributed by atoms with E-state index in [0.717, 1.165) is 0 Å². The van der Waals surface area contributed by atoms with Gasteiger partial charge in [0.25, 0.3) is 0 Å². The maximum Gasteiger partial charge on any atom is 0.358 e. The van der Waals surface area contributed by atoms with Crippen LogP contribution in [0, 0.1) is 0 Å². The second-order valence-corrected chi connectivity index (χ2v) is 3.59. The van der Waals surface area contributed by atoms with E-state index >= 15 is 0 Å². The van der Waals surface area contributed by atoms with E-state index in [-0.39, 0.29) is 5.71 Å². The Morgan fingerprint density at radius 3 is 2.67 bits per heavy atom. The number of carboxylic acids is 1. The lowest BCUT2D eigenvalue weighted by Gasteiger charge is -2.13. The van der Waals surface area contributed by atoms with Gasteiger partial charge in [0, 0.05) is 11.1 Å². The standard InChI is InChI=1S/C12H13NO5/c1-16-13-10(11(14)15)8-4-2-3-5-9(8)12-17-6-7-18-12/h2-5,12H,6-7H2,1H3,(H,14,15)/b13-10-. The number of nitrogens with zero attached hydrogens (tertiary/aromatic N) is 1. The number of hydrogen-bond acceptors (Lipinski definition) is 5. The molecule has 1 heterocycles. The van der Waals surface area contributed by atoms with Crippen LogP contribution in [-0.4, -0.2) is 37.1 Å². The SMILES string of the molecule is CO/N=C(\C(=O)O)c1ccccc1C1OCCO1. The van der Waals surface area contributed by atoms with Crippen LogP contribution in [0.25, 0.3) is 0 Å². The summed E-state index contributed by atoms with van der Waals surface area (Å²) in [6.45, 7) is 0.978. The van der Waals surface area contributed by atoms with Gasteiger partial charge in [0.2, 0.25) is 0 Å². The molecule has 0 saturated carbocycles. The fourth-order valence-electron chi connectivity index (χ4n) is 1.75. The molecule has 1 N–H and O–H groups in total. The van der Waals surface area contributed by atoms with Crippen LogP contribution in [0.3, 0.4) is 0 Å². The van der Waals surface area contributed by atoms with Gasteiger partial charge >= 0.3 is 5.97 Å². The van der Waals surface area contributed by atoms with Crippen molar-refractivity contribution < 1.29 is 24.2 Å². The van der Waals surface area contributed by atoms with Crippen molar-refractivity contribution in [2.45, 2.75) is 6.29 Å². The van der Waals surface area contributed by atoms with Crippen molar-refractivity contribution in [1.82, 2.24) is 0 Å². The van der Waals surface area contributed by atoms with Crippen molar-refractivity contribution in [2.75, 3.05) is 20.3 Å². The summed E-state index contributed by atoms with van der Waals surface area (Å²) in [6, 6.07) is 6.91. The van der Waals surface area contributed by atoms with Gasteiger partial charge in [-0.3, -0.25) is 0 Å². The molecule has 6 nitrogen and oxygen atoms in total. The van der Waals surface area contributed by atoms with E-state index in [2.05, 4.69) is 9.99 Å². The molecule has 2 rings (SSSR count). The van der Waals surface area contributed by atoms with Crippen molar-refractivity contribution in [3.8, 4) is 0 Å². The average Bonchev–Trinajstić information content (AvgIpc) is 2.89. The maximum atomic E-state index is 11.2. The summed E-state index contributed by atoms with van der Waals surface area (Å²) in [5, 5.41) is 12.7. The molecule has 0 unspecified atom stereocenters.